The van der Waals surface area contributed by atoms with Crippen LogP contribution >= 0.6 is 0 Å². The predicted molar refractivity (Wildman–Crippen MR) is 101 cm³/mol. The summed E-state index contributed by atoms with van der Waals surface area (Å²) in [5.74, 6) is 0.867. The maximum absolute atomic E-state index is 12.5. The Hall–Kier alpha value is -2.87. The van der Waals surface area contributed by atoms with Crippen LogP contribution in [-0.2, 0) is 21.2 Å². The summed E-state index contributed by atoms with van der Waals surface area (Å²) in [6.45, 7) is 0.637. The minimum absolute atomic E-state index is 0.0746. The number of carbonyl (C=O) groups excluding carboxylic acids is 1. The molecular weight excluding hydrogens is 366 g/mol. The van der Waals surface area contributed by atoms with Gasteiger partial charge in [-0.05, 0) is 36.2 Å². The van der Waals surface area contributed by atoms with Gasteiger partial charge in [0, 0.05) is 25.1 Å². The van der Waals surface area contributed by atoms with Gasteiger partial charge in [0.05, 0.1) is 4.90 Å². The number of rotatable bonds is 4. The molecule has 140 valence electrons. The highest BCUT2D eigenvalue weighted by Crippen LogP contribution is 2.28. The Bertz CT molecular complexity index is 992. The van der Waals surface area contributed by atoms with Gasteiger partial charge >= 0.3 is 0 Å². The largest absolute Gasteiger partial charge is 0.480 e. The van der Waals surface area contributed by atoms with Gasteiger partial charge in [-0.25, -0.2) is 8.42 Å². The van der Waals surface area contributed by atoms with Gasteiger partial charge in [0.15, 0.2) is 6.10 Å². The number of fused-ring (bicyclic) bond motifs is 1. The average molecular weight is 385 g/mol. The summed E-state index contributed by atoms with van der Waals surface area (Å²) in [4.78, 5) is 16.7. The van der Waals surface area contributed by atoms with E-state index in [1.807, 2.05) is 24.3 Å². The number of carbonyl (C=O) groups is 1. The fraction of sp³-hybridized carbons (Fsp3) is 0.263. The number of benzene rings is 2. The molecule has 8 heteroatoms. The summed E-state index contributed by atoms with van der Waals surface area (Å²) in [5.41, 5.74) is 1.38. The molecule has 2 heterocycles. The first-order chi connectivity index (χ1) is 13.0. The third-order valence-corrected chi connectivity index (χ3v) is 5.86. The fourth-order valence-corrected chi connectivity index (χ4v) is 4.26. The second-order valence-electron chi connectivity index (χ2n) is 6.47. The van der Waals surface area contributed by atoms with Gasteiger partial charge in [-0.3, -0.25) is 14.5 Å². The monoisotopic (exact) mass is 385 g/mol. The maximum atomic E-state index is 12.5. The van der Waals surface area contributed by atoms with Gasteiger partial charge in [-0.15, -0.1) is 0 Å². The van der Waals surface area contributed by atoms with E-state index < -0.39 is 16.1 Å². The summed E-state index contributed by atoms with van der Waals surface area (Å²) in [7, 11) is -3.73. The first-order valence-corrected chi connectivity index (χ1v) is 10.2. The lowest BCUT2D eigenvalue weighted by atomic mass is 10.1. The van der Waals surface area contributed by atoms with Crippen molar-refractivity contribution in [2.24, 2.45) is 4.99 Å². The molecule has 27 heavy (non-hydrogen) atoms. The zero-order chi connectivity index (χ0) is 18.9. The molecule has 7 nitrogen and oxygen atoms in total. The lowest BCUT2D eigenvalue weighted by Crippen LogP contribution is -2.32. The van der Waals surface area contributed by atoms with Crippen molar-refractivity contribution < 1.29 is 17.9 Å². The molecule has 0 spiro atoms. The molecule has 1 atom stereocenters. The summed E-state index contributed by atoms with van der Waals surface area (Å²) < 4.78 is 33.2. The highest BCUT2D eigenvalue weighted by Gasteiger charge is 2.29. The third kappa shape index (κ3) is 3.80. The zero-order valence-corrected chi connectivity index (χ0v) is 15.3. The Kier molecular flexibility index (Phi) is 4.57. The van der Waals surface area contributed by atoms with Crippen molar-refractivity contribution in [1.29, 1.82) is 0 Å². The summed E-state index contributed by atoms with van der Waals surface area (Å²) in [6.07, 6.45) is 1.32. The first kappa shape index (κ1) is 17.5. The van der Waals surface area contributed by atoms with E-state index in [2.05, 4.69) is 15.0 Å². The van der Waals surface area contributed by atoms with Crippen molar-refractivity contribution in [3.63, 3.8) is 0 Å². The number of aliphatic imine (C=N–C) groups is 1. The number of para-hydroxylation sites is 1. The van der Waals surface area contributed by atoms with Gasteiger partial charge in [0.1, 0.15) is 11.6 Å². The van der Waals surface area contributed by atoms with E-state index in [-0.39, 0.29) is 10.8 Å². The quantitative estimate of drug-likeness (QED) is 0.842. The van der Waals surface area contributed by atoms with Crippen molar-refractivity contribution in [2.45, 2.75) is 30.3 Å². The van der Waals surface area contributed by atoms with E-state index in [1.54, 1.807) is 12.1 Å². The molecule has 2 N–H and O–H groups in total. The van der Waals surface area contributed by atoms with E-state index in [4.69, 9.17) is 4.74 Å². The highest BCUT2D eigenvalue weighted by molar-refractivity contribution is 7.90. The topological polar surface area (TPSA) is 96.9 Å². The molecule has 1 unspecified atom stereocenters. The number of sulfonamides is 1. The number of hydrogen-bond donors (Lipinski definition) is 2. The van der Waals surface area contributed by atoms with Crippen LogP contribution in [0.15, 0.2) is 58.4 Å². The van der Waals surface area contributed by atoms with Crippen LogP contribution in [0, 0.1) is 0 Å². The molecule has 0 bridgehead atoms. The molecular formula is C19H19N3O4S. The Morgan fingerprint density at radius 2 is 2.00 bits per heavy atom. The van der Waals surface area contributed by atoms with E-state index >= 15 is 0 Å². The molecule has 0 fully saturated rings. The number of nitrogens with one attached hydrogen (secondary N) is 2. The van der Waals surface area contributed by atoms with Crippen molar-refractivity contribution in [1.82, 2.24) is 4.72 Å². The average Bonchev–Trinajstić information content (AvgIpc) is 3.31. The van der Waals surface area contributed by atoms with Crippen molar-refractivity contribution in [2.75, 3.05) is 11.9 Å². The predicted octanol–water partition coefficient (Wildman–Crippen LogP) is 2.10. The lowest BCUT2D eigenvalue weighted by molar-refractivity contribution is -0.122. The van der Waals surface area contributed by atoms with Gasteiger partial charge in [0.25, 0.3) is 15.9 Å². The van der Waals surface area contributed by atoms with Gasteiger partial charge in [0.2, 0.25) is 0 Å². The second-order valence-corrected chi connectivity index (χ2v) is 8.16. The third-order valence-electron chi connectivity index (χ3n) is 4.48. The molecule has 2 aromatic carbocycles. The molecule has 2 aliphatic rings. The highest BCUT2D eigenvalue weighted by atomic mass is 32.2. The van der Waals surface area contributed by atoms with Crippen LogP contribution in [0.3, 0.4) is 0 Å². The Labute approximate surface area is 157 Å². The normalized spacial score (nSPS) is 18.4. The second kappa shape index (κ2) is 7.03. The Morgan fingerprint density at radius 3 is 2.78 bits per heavy atom. The molecule has 0 aliphatic carbocycles. The number of amidine groups is 1. The van der Waals surface area contributed by atoms with E-state index in [9.17, 15) is 13.2 Å². The number of hydrogen-bond acceptors (Lipinski definition) is 5. The molecule has 4 rings (SSSR count). The van der Waals surface area contributed by atoms with Crippen LogP contribution in [0.25, 0.3) is 0 Å². The van der Waals surface area contributed by atoms with Gasteiger partial charge in [-0.2, -0.15) is 0 Å². The number of nitrogens with zero attached hydrogens (tertiary/aromatic N) is 1. The molecule has 0 saturated carbocycles. The maximum Gasteiger partial charge on any atom is 0.265 e. The SMILES string of the molecule is O=C(Nc1cccc(S(=O)(=O)NC2=NCCC2)c1)C1Cc2ccccc2O1. The first-order valence-electron chi connectivity index (χ1n) is 8.73. The molecule has 2 aliphatic heterocycles. The minimum atomic E-state index is -3.73. The summed E-state index contributed by atoms with van der Waals surface area (Å²) in [6, 6.07) is 13.7. The van der Waals surface area contributed by atoms with E-state index in [0.717, 1.165) is 12.0 Å². The molecule has 0 aromatic heterocycles. The molecule has 1 amide bonds. The van der Waals surface area contributed by atoms with Crippen molar-refractivity contribution >= 4 is 27.5 Å². The van der Waals surface area contributed by atoms with E-state index in [1.165, 1.54) is 12.1 Å². The van der Waals surface area contributed by atoms with Gasteiger partial charge in [-0.1, -0.05) is 24.3 Å². The lowest BCUT2D eigenvalue weighted by Gasteiger charge is -2.13. The standard InChI is InChI=1S/C19H19N3O4S/c23-19(17-11-13-5-1-2-8-16(13)26-17)21-14-6-3-7-15(12-14)27(24,25)22-18-9-4-10-20-18/h1-3,5-8,12,17H,4,9-11H2,(H,20,22)(H,21,23). The number of amides is 1. The van der Waals surface area contributed by atoms with E-state index in [0.29, 0.717) is 36.7 Å². The minimum Gasteiger partial charge on any atom is -0.480 e. The smallest absolute Gasteiger partial charge is 0.265 e. The summed E-state index contributed by atoms with van der Waals surface area (Å²) >= 11 is 0. The van der Waals surface area contributed by atoms with Crippen molar-refractivity contribution in [3.05, 3.63) is 54.1 Å². The van der Waals surface area contributed by atoms with Crippen LogP contribution in [0.4, 0.5) is 5.69 Å². The molecule has 0 radical (unpaired) electrons. The molecule has 2 aromatic rings. The fourth-order valence-electron chi connectivity index (χ4n) is 3.13. The van der Waals surface area contributed by atoms with Gasteiger partial charge < -0.3 is 10.1 Å². The number of anilines is 1. The number of ether oxygens (including phenoxy) is 1. The van der Waals surface area contributed by atoms with Crippen LogP contribution < -0.4 is 14.8 Å². The zero-order valence-electron chi connectivity index (χ0n) is 14.5. The Morgan fingerprint density at radius 1 is 1.15 bits per heavy atom. The van der Waals surface area contributed by atoms with Crippen LogP contribution in [0.2, 0.25) is 0 Å². The molecule has 0 saturated heterocycles. The van der Waals surface area contributed by atoms with Crippen LogP contribution in [-0.4, -0.2) is 32.8 Å². The summed E-state index contributed by atoms with van der Waals surface area (Å²) in [5, 5.41) is 2.74. The van der Waals surface area contributed by atoms with Crippen molar-refractivity contribution in [3.8, 4) is 5.75 Å². The Balaban J connectivity index is 1.46. The van der Waals surface area contributed by atoms with Crippen LogP contribution in [0.1, 0.15) is 18.4 Å². The van der Waals surface area contributed by atoms with Crippen LogP contribution in [0.5, 0.6) is 5.75 Å².